The van der Waals surface area contributed by atoms with Gasteiger partial charge in [0, 0.05) is 41.5 Å². The molecule has 2 aromatic rings. The second-order valence-electron chi connectivity index (χ2n) is 17.4. The highest BCUT2D eigenvalue weighted by Gasteiger charge is 2.44. The monoisotopic (exact) mass is 782 g/mol. The summed E-state index contributed by atoms with van der Waals surface area (Å²) in [6.07, 6.45) is 3.14. The number of benzene rings is 2. The number of allylic oxidation sites excluding steroid dienone is 2. The number of alkyl carbamates (subject to hydrolysis) is 1. The standard InChI is InChI=1S/C44H54N4O9/c1-23(2)39(46-42(52)54-8)40(50)48-25(4)9-14-35(48)41(51)56-22-37(49)27-10-12-29-28(16-27)21-55-38-19-30-26(17-32(29)38)11-13-33-31(30)18-34(45-33)36-15-24(3)20-47(36)43(53)57-44(5,6)7/h10,12,16-17,19,23-25,35-36,39H,9,11,13-15,18,20-22H2,1-8H3,(H,46,52)/t24-,25-,35-,36-,39-/m0/s1. The summed E-state index contributed by atoms with van der Waals surface area (Å²) in [6, 6.07) is 7.70. The van der Waals surface area contributed by atoms with Gasteiger partial charge in [-0.2, -0.15) is 0 Å². The van der Waals surface area contributed by atoms with Crippen molar-refractivity contribution in [3.8, 4) is 16.9 Å². The van der Waals surface area contributed by atoms with E-state index in [0.29, 0.717) is 37.3 Å². The molecule has 57 heavy (non-hydrogen) atoms. The first-order valence-corrected chi connectivity index (χ1v) is 20.1. The lowest BCUT2D eigenvalue weighted by Crippen LogP contribution is -2.55. The van der Waals surface area contributed by atoms with Crippen molar-refractivity contribution in [1.29, 1.82) is 0 Å². The minimum Gasteiger partial charge on any atom is -0.488 e. The molecule has 0 radical (unpaired) electrons. The molecule has 2 aromatic carbocycles. The molecule has 4 heterocycles. The lowest BCUT2D eigenvalue weighted by molar-refractivity contribution is -0.154. The Balaban J connectivity index is 1.01. The predicted molar refractivity (Wildman–Crippen MR) is 213 cm³/mol. The van der Waals surface area contributed by atoms with Gasteiger partial charge in [-0.05, 0) is 118 Å². The molecule has 13 heteroatoms. The zero-order valence-corrected chi connectivity index (χ0v) is 34.2. The molecule has 0 spiro atoms. The molecule has 2 fully saturated rings. The summed E-state index contributed by atoms with van der Waals surface area (Å²) in [5.41, 5.74) is 8.28. The van der Waals surface area contributed by atoms with Crippen molar-refractivity contribution < 1.29 is 42.9 Å². The molecule has 3 amide bonds. The number of esters is 1. The van der Waals surface area contributed by atoms with Gasteiger partial charge in [-0.25, -0.2) is 14.4 Å². The van der Waals surface area contributed by atoms with E-state index in [1.54, 1.807) is 26.0 Å². The number of aliphatic imine (C=N–C) groups is 1. The molecular formula is C44H54N4O9. The van der Waals surface area contributed by atoms with E-state index in [2.05, 4.69) is 24.4 Å². The predicted octanol–water partition coefficient (Wildman–Crippen LogP) is 6.88. The van der Waals surface area contributed by atoms with E-state index >= 15 is 0 Å². The number of likely N-dealkylation sites (tertiary alicyclic amines) is 2. The zero-order chi connectivity index (χ0) is 40.9. The number of amides is 3. The number of fused-ring (bicyclic) bond motifs is 5. The van der Waals surface area contributed by atoms with Gasteiger partial charge >= 0.3 is 18.2 Å². The molecule has 0 saturated carbocycles. The highest BCUT2D eigenvalue weighted by molar-refractivity contribution is 6.05. The van der Waals surface area contributed by atoms with Gasteiger partial charge in [0.25, 0.3) is 0 Å². The Morgan fingerprint density at radius 3 is 2.47 bits per heavy atom. The molecule has 5 atom stereocenters. The molecule has 5 aliphatic rings. The summed E-state index contributed by atoms with van der Waals surface area (Å²) in [4.78, 5) is 73.8. The molecule has 304 valence electrons. The average Bonchev–Trinajstić information content (AvgIpc) is 3.90. The van der Waals surface area contributed by atoms with Crippen LogP contribution in [0, 0.1) is 11.8 Å². The second kappa shape index (κ2) is 15.6. The van der Waals surface area contributed by atoms with Crippen molar-refractivity contribution in [3.05, 3.63) is 58.3 Å². The summed E-state index contributed by atoms with van der Waals surface area (Å²) in [5.74, 6) is -0.539. The molecule has 13 nitrogen and oxygen atoms in total. The van der Waals surface area contributed by atoms with Gasteiger partial charge in [-0.3, -0.25) is 19.5 Å². The number of nitrogens with one attached hydrogen (secondary N) is 1. The molecule has 0 aromatic heterocycles. The van der Waals surface area contributed by atoms with Crippen molar-refractivity contribution in [2.75, 3.05) is 20.3 Å². The van der Waals surface area contributed by atoms with Gasteiger partial charge in [-0.1, -0.05) is 32.9 Å². The first kappa shape index (κ1) is 40.0. The van der Waals surface area contributed by atoms with Gasteiger partial charge in [0.15, 0.2) is 12.4 Å². The van der Waals surface area contributed by atoms with Crippen molar-refractivity contribution >= 4 is 41.1 Å². The number of ether oxygens (including phenoxy) is 4. The van der Waals surface area contributed by atoms with E-state index in [-0.39, 0.29) is 36.5 Å². The van der Waals surface area contributed by atoms with Gasteiger partial charge in [0.05, 0.1) is 13.2 Å². The third-order valence-electron chi connectivity index (χ3n) is 11.7. The van der Waals surface area contributed by atoms with E-state index in [1.807, 2.05) is 38.7 Å². The third kappa shape index (κ3) is 8.02. The molecule has 0 bridgehead atoms. The molecule has 0 unspecified atom stereocenters. The summed E-state index contributed by atoms with van der Waals surface area (Å²) in [7, 11) is 1.23. The summed E-state index contributed by atoms with van der Waals surface area (Å²) in [6.45, 7) is 13.7. The number of Topliss-reactive ketones (excluding diaryl/α,β-unsaturated/α-hetero) is 1. The second-order valence-corrected chi connectivity index (χ2v) is 17.4. The lowest BCUT2D eigenvalue weighted by atomic mass is 9.83. The highest BCUT2D eigenvalue weighted by Crippen LogP contribution is 2.47. The number of hydrogen-bond donors (Lipinski definition) is 1. The minimum atomic E-state index is -0.883. The Morgan fingerprint density at radius 1 is 0.982 bits per heavy atom. The number of carbonyl (C=O) groups is 5. The highest BCUT2D eigenvalue weighted by atomic mass is 16.6. The number of nitrogens with zero attached hydrogens (tertiary/aromatic N) is 3. The van der Waals surface area contributed by atoms with Crippen LogP contribution in [-0.2, 0) is 36.8 Å². The number of rotatable bonds is 8. The molecule has 4 aliphatic heterocycles. The SMILES string of the molecule is COC(=O)N[C@H](C(=O)N1[C@@H](C)CC[C@H]1C(=O)OCC(=O)c1ccc2c(c1)COc1cc3c(cc1-2)CCC1=C3CC([C@@H]2C[C@H](C)CN2C(=O)OC(C)(C)C)=N1)C(C)C. The minimum absolute atomic E-state index is 0.0882. The number of hydrogen-bond acceptors (Lipinski definition) is 10. The number of methoxy groups -OCH3 is 1. The number of carbonyl (C=O) groups excluding carboxylic acids is 5. The molecule has 1 N–H and O–H groups in total. The van der Waals surface area contributed by atoms with Crippen molar-refractivity contribution in [3.63, 3.8) is 0 Å². The maximum Gasteiger partial charge on any atom is 0.410 e. The third-order valence-corrected chi connectivity index (χ3v) is 11.7. The first-order valence-electron chi connectivity index (χ1n) is 20.1. The van der Waals surface area contributed by atoms with Gasteiger partial charge in [0.2, 0.25) is 5.91 Å². The fourth-order valence-electron chi connectivity index (χ4n) is 8.86. The summed E-state index contributed by atoms with van der Waals surface area (Å²) >= 11 is 0. The normalized spacial score (nSPS) is 22.8. The van der Waals surface area contributed by atoms with Gasteiger partial charge < -0.3 is 29.2 Å². The van der Waals surface area contributed by atoms with E-state index in [4.69, 9.17) is 23.9 Å². The Kier molecular flexibility index (Phi) is 11.0. The Labute approximate surface area is 334 Å². The van der Waals surface area contributed by atoms with Crippen LogP contribution >= 0.6 is 0 Å². The van der Waals surface area contributed by atoms with Crippen LogP contribution in [0.25, 0.3) is 16.7 Å². The van der Waals surface area contributed by atoms with Gasteiger partial charge in [0.1, 0.15) is 30.0 Å². The molecule has 7 rings (SSSR count). The van der Waals surface area contributed by atoms with Crippen LogP contribution in [0.3, 0.4) is 0 Å². The Morgan fingerprint density at radius 2 is 1.75 bits per heavy atom. The summed E-state index contributed by atoms with van der Waals surface area (Å²) in [5, 5.41) is 2.58. The largest absolute Gasteiger partial charge is 0.488 e. The van der Waals surface area contributed by atoms with Gasteiger partial charge in [-0.15, -0.1) is 0 Å². The maximum absolute atomic E-state index is 13.6. The lowest BCUT2D eigenvalue weighted by Gasteiger charge is -2.32. The Hall–Kier alpha value is -5.20. The van der Waals surface area contributed by atoms with Crippen molar-refractivity contribution in [2.24, 2.45) is 16.8 Å². The van der Waals surface area contributed by atoms with Crippen molar-refractivity contribution in [2.45, 2.75) is 123 Å². The average molecular weight is 783 g/mol. The van der Waals surface area contributed by atoms with Crippen LogP contribution in [0.1, 0.15) is 108 Å². The van der Waals surface area contributed by atoms with E-state index < -0.39 is 42.3 Å². The topological polar surface area (TPSA) is 153 Å². The van der Waals surface area contributed by atoms with Crippen molar-refractivity contribution in [1.82, 2.24) is 15.1 Å². The number of aryl methyl sites for hydroxylation is 1. The number of ketones is 1. The quantitative estimate of drug-likeness (QED) is 0.172. The fourth-order valence-corrected chi connectivity index (χ4v) is 8.86. The van der Waals surface area contributed by atoms with Crippen LogP contribution in [-0.4, -0.2) is 95.4 Å². The maximum atomic E-state index is 13.6. The Bertz CT molecular complexity index is 2060. The first-order chi connectivity index (χ1) is 27.0. The summed E-state index contributed by atoms with van der Waals surface area (Å²) < 4.78 is 22.3. The van der Waals surface area contributed by atoms with Crippen LogP contribution in [0.4, 0.5) is 9.59 Å². The van der Waals surface area contributed by atoms with E-state index in [0.717, 1.165) is 58.7 Å². The molecule has 1 aliphatic carbocycles. The van der Waals surface area contributed by atoms with Crippen LogP contribution in [0.5, 0.6) is 5.75 Å². The van der Waals surface area contributed by atoms with Crippen LogP contribution in [0.15, 0.2) is 41.0 Å². The van der Waals surface area contributed by atoms with E-state index in [9.17, 15) is 24.0 Å². The zero-order valence-electron chi connectivity index (χ0n) is 34.2. The molecule has 2 saturated heterocycles. The fraction of sp³-hybridized carbons (Fsp3) is 0.545. The van der Waals surface area contributed by atoms with Crippen LogP contribution in [0.2, 0.25) is 0 Å². The molecular weight excluding hydrogens is 729 g/mol. The van der Waals surface area contributed by atoms with E-state index in [1.165, 1.54) is 23.1 Å². The van der Waals surface area contributed by atoms with Crippen LogP contribution < -0.4 is 10.1 Å². The smallest absolute Gasteiger partial charge is 0.410 e.